The second-order valence-electron chi connectivity index (χ2n) is 9.59. The van der Waals surface area contributed by atoms with Gasteiger partial charge in [0.05, 0.1) is 12.3 Å². The molecule has 1 aliphatic rings. The van der Waals surface area contributed by atoms with Crippen molar-refractivity contribution in [2.45, 2.75) is 24.5 Å². The van der Waals surface area contributed by atoms with Gasteiger partial charge in [-0.25, -0.2) is 4.99 Å². The van der Waals surface area contributed by atoms with Crippen LogP contribution in [0.3, 0.4) is 0 Å². The number of amides is 1. The van der Waals surface area contributed by atoms with Crippen molar-refractivity contribution >= 4 is 49.4 Å². The van der Waals surface area contributed by atoms with Gasteiger partial charge in [-0.3, -0.25) is 15.6 Å². The first-order valence-corrected chi connectivity index (χ1v) is 14.8. The van der Waals surface area contributed by atoms with E-state index < -0.39 is 11.6 Å². The van der Waals surface area contributed by atoms with Gasteiger partial charge in [0.15, 0.2) is 11.6 Å². The number of hydrogen-bond acceptors (Lipinski definition) is 6. The summed E-state index contributed by atoms with van der Waals surface area (Å²) in [4.78, 5) is 19.3. The standard InChI is InChI=1S/C32H29Br2N3O4/c33-25-13-7-22(8-14-25)21-32(31(39)37-36-27-5-2-1-3-6-27)29(23-9-15-26(34)16-10-23)41-30(35-32)24-11-17-28(18-12-24)40-20-4-19-38/h1-3,5-18,29,36,38H,4,19-21H2,(H,37,39)/t29-,32-/m0/s1. The lowest BCUT2D eigenvalue weighted by Gasteiger charge is -2.31. The Hall–Kier alpha value is -3.66. The van der Waals surface area contributed by atoms with Crippen molar-refractivity contribution < 1.29 is 19.4 Å². The van der Waals surface area contributed by atoms with E-state index in [9.17, 15) is 4.79 Å². The van der Waals surface area contributed by atoms with Crippen LogP contribution < -0.4 is 15.6 Å². The molecule has 1 amide bonds. The summed E-state index contributed by atoms with van der Waals surface area (Å²) in [6.07, 6.45) is 0.152. The van der Waals surface area contributed by atoms with Gasteiger partial charge in [0.1, 0.15) is 5.75 Å². The van der Waals surface area contributed by atoms with E-state index in [1.165, 1.54) is 0 Å². The van der Waals surface area contributed by atoms with E-state index in [2.05, 4.69) is 42.7 Å². The molecule has 0 saturated heterocycles. The predicted octanol–water partition coefficient (Wildman–Crippen LogP) is 6.62. The molecule has 7 nitrogen and oxygen atoms in total. The van der Waals surface area contributed by atoms with Gasteiger partial charge in [0, 0.05) is 34.0 Å². The third-order valence-electron chi connectivity index (χ3n) is 6.68. The van der Waals surface area contributed by atoms with E-state index in [0.29, 0.717) is 31.1 Å². The monoisotopic (exact) mass is 677 g/mol. The first-order valence-electron chi connectivity index (χ1n) is 13.2. The van der Waals surface area contributed by atoms with Crippen molar-refractivity contribution in [1.29, 1.82) is 0 Å². The minimum Gasteiger partial charge on any atom is -0.494 e. The van der Waals surface area contributed by atoms with Gasteiger partial charge in [-0.15, -0.1) is 0 Å². The Bertz CT molecular complexity index is 1480. The third kappa shape index (κ3) is 6.98. The third-order valence-corrected chi connectivity index (χ3v) is 7.74. The number of halogens is 2. The summed E-state index contributed by atoms with van der Waals surface area (Å²) in [5, 5.41) is 9.03. The zero-order valence-corrected chi connectivity index (χ0v) is 25.3. The summed E-state index contributed by atoms with van der Waals surface area (Å²) >= 11 is 7.02. The number of nitrogens with zero attached hydrogens (tertiary/aromatic N) is 1. The molecule has 3 N–H and O–H groups in total. The van der Waals surface area contributed by atoms with Crippen LogP contribution in [0.1, 0.15) is 29.2 Å². The van der Waals surface area contributed by atoms with Crippen molar-refractivity contribution in [2.75, 3.05) is 18.6 Å². The van der Waals surface area contributed by atoms with Gasteiger partial charge in [-0.05, 0) is 71.8 Å². The minimum absolute atomic E-state index is 0.0712. The largest absolute Gasteiger partial charge is 0.494 e. The fraction of sp³-hybridized carbons (Fsp3) is 0.188. The average molecular weight is 679 g/mol. The number of rotatable bonds is 11. The molecular weight excluding hydrogens is 650 g/mol. The molecule has 41 heavy (non-hydrogen) atoms. The lowest BCUT2D eigenvalue weighted by atomic mass is 9.82. The highest BCUT2D eigenvalue weighted by molar-refractivity contribution is 9.10. The Kier molecular flexibility index (Phi) is 9.38. The van der Waals surface area contributed by atoms with Crippen molar-refractivity contribution in [3.63, 3.8) is 0 Å². The van der Waals surface area contributed by atoms with Crippen LogP contribution in [0.5, 0.6) is 5.75 Å². The zero-order chi connectivity index (χ0) is 28.7. The summed E-state index contributed by atoms with van der Waals surface area (Å²) in [6.45, 7) is 0.492. The number of aliphatic hydroxyl groups excluding tert-OH is 1. The van der Waals surface area contributed by atoms with Crippen molar-refractivity contribution in [2.24, 2.45) is 4.99 Å². The molecular formula is C32H29Br2N3O4. The van der Waals surface area contributed by atoms with Crippen molar-refractivity contribution in [3.05, 3.63) is 129 Å². The maximum absolute atomic E-state index is 14.2. The Balaban J connectivity index is 1.54. The van der Waals surface area contributed by atoms with E-state index >= 15 is 0 Å². The number of aliphatic imine (C=N–C) groups is 1. The number of carbonyl (C=O) groups is 1. The molecule has 0 bridgehead atoms. The zero-order valence-electron chi connectivity index (χ0n) is 22.1. The van der Waals surface area contributed by atoms with Crippen LogP contribution in [0, 0.1) is 0 Å². The first kappa shape index (κ1) is 28.9. The van der Waals surface area contributed by atoms with Crippen molar-refractivity contribution in [3.8, 4) is 5.75 Å². The highest BCUT2D eigenvalue weighted by Gasteiger charge is 2.53. The van der Waals surface area contributed by atoms with E-state index in [-0.39, 0.29) is 12.5 Å². The SMILES string of the molecule is O=C(NNc1ccccc1)[C@@]1(Cc2ccc(Br)cc2)N=C(c2ccc(OCCCO)cc2)O[C@H]1c1ccc(Br)cc1. The summed E-state index contributed by atoms with van der Waals surface area (Å²) in [5.41, 5.74) is 7.84. The van der Waals surface area contributed by atoms with Crippen LogP contribution in [-0.4, -0.2) is 35.7 Å². The van der Waals surface area contributed by atoms with E-state index in [1.54, 1.807) is 0 Å². The highest BCUT2D eigenvalue weighted by atomic mass is 79.9. The summed E-state index contributed by atoms with van der Waals surface area (Å²) in [7, 11) is 0. The summed E-state index contributed by atoms with van der Waals surface area (Å²) in [6, 6.07) is 32.4. The van der Waals surface area contributed by atoms with Gasteiger partial charge >= 0.3 is 0 Å². The summed E-state index contributed by atoms with van der Waals surface area (Å²) < 4.78 is 14.1. The van der Waals surface area contributed by atoms with Gasteiger partial charge in [-0.1, -0.05) is 74.3 Å². The molecule has 0 radical (unpaired) electrons. The normalized spacial score (nSPS) is 17.8. The Labute approximate surface area is 255 Å². The molecule has 0 spiro atoms. The van der Waals surface area contributed by atoms with E-state index in [4.69, 9.17) is 19.6 Å². The lowest BCUT2D eigenvalue weighted by molar-refractivity contribution is -0.128. The van der Waals surface area contributed by atoms with Crippen LogP contribution in [0.2, 0.25) is 0 Å². The number of para-hydroxylation sites is 1. The first-order chi connectivity index (χ1) is 20.0. The molecule has 4 aromatic carbocycles. The number of carbonyl (C=O) groups excluding carboxylic acids is 1. The molecule has 0 fully saturated rings. The smallest absolute Gasteiger partial charge is 0.270 e. The molecule has 210 valence electrons. The Morgan fingerprint density at radius 2 is 1.56 bits per heavy atom. The minimum atomic E-state index is -1.32. The molecule has 5 rings (SSSR count). The summed E-state index contributed by atoms with van der Waals surface area (Å²) in [5.74, 6) is 0.721. The molecule has 4 aromatic rings. The highest BCUT2D eigenvalue weighted by Crippen LogP contribution is 2.43. The number of hydrazine groups is 1. The number of ether oxygens (including phenoxy) is 2. The maximum atomic E-state index is 14.2. The van der Waals surface area contributed by atoms with Crippen LogP contribution >= 0.6 is 31.9 Å². The number of nitrogens with one attached hydrogen (secondary N) is 2. The molecule has 2 atom stereocenters. The fourth-order valence-corrected chi connectivity index (χ4v) is 5.12. The average Bonchev–Trinajstić information content (AvgIpc) is 3.39. The fourth-order valence-electron chi connectivity index (χ4n) is 4.59. The molecule has 0 unspecified atom stereocenters. The molecule has 0 aromatic heterocycles. The second kappa shape index (κ2) is 13.3. The van der Waals surface area contributed by atoms with Crippen molar-refractivity contribution in [1.82, 2.24) is 5.43 Å². The van der Waals surface area contributed by atoms with E-state index in [0.717, 1.165) is 31.3 Å². The number of hydrogen-bond donors (Lipinski definition) is 3. The predicted molar refractivity (Wildman–Crippen MR) is 167 cm³/mol. The molecule has 9 heteroatoms. The molecule has 0 aliphatic carbocycles. The maximum Gasteiger partial charge on any atom is 0.270 e. The van der Waals surface area contributed by atoms with Gasteiger partial charge < -0.3 is 14.6 Å². The Morgan fingerprint density at radius 3 is 2.22 bits per heavy atom. The second-order valence-corrected chi connectivity index (χ2v) is 11.4. The van der Waals surface area contributed by atoms with Gasteiger partial charge in [0.25, 0.3) is 5.91 Å². The quantitative estimate of drug-likeness (QED) is 0.123. The topological polar surface area (TPSA) is 92.2 Å². The van der Waals surface area contributed by atoms with Gasteiger partial charge in [0.2, 0.25) is 5.90 Å². The van der Waals surface area contributed by atoms with Gasteiger partial charge in [-0.2, -0.15) is 0 Å². The Morgan fingerprint density at radius 1 is 0.902 bits per heavy atom. The van der Waals surface area contributed by atoms with Crippen LogP contribution in [0.15, 0.2) is 117 Å². The molecule has 0 saturated carbocycles. The lowest BCUT2D eigenvalue weighted by Crippen LogP contribution is -2.51. The van der Waals surface area contributed by atoms with Crippen LogP contribution in [0.4, 0.5) is 5.69 Å². The van der Waals surface area contributed by atoms with E-state index in [1.807, 2.05) is 103 Å². The van der Waals surface area contributed by atoms with Crippen LogP contribution in [-0.2, 0) is 16.0 Å². The number of benzene rings is 4. The molecule has 1 heterocycles. The number of aliphatic hydroxyl groups is 1. The number of anilines is 1. The van der Waals surface area contributed by atoms with Crippen LogP contribution in [0.25, 0.3) is 0 Å². The molecule has 1 aliphatic heterocycles.